The van der Waals surface area contributed by atoms with E-state index in [4.69, 9.17) is 0 Å². The number of hydrogen-bond donors (Lipinski definition) is 3. The van der Waals surface area contributed by atoms with E-state index in [1.165, 1.54) is 0 Å². The highest BCUT2D eigenvalue weighted by molar-refractivity contribution is 5.92. The number of carbonyl (C=O) groups excluding carboxylic acids is 1. The minimum absolute atomic E-state index is 0.00300. The first-order valence-corrected chi connectivity index (χ1v) is 9.42. The third-order valence-corrected chi connectivity index (χ3v) is 4.38. The summed E-state index contributed by atoms with van der Waals surface area (Å²) < 4.78 is 1.83. The zero-order valence-electron chi connectivity index (χ0n) is 16.6. The van der Waals surface area contributed by atoms with Gasteiger partial charge in [-0.2, -0.15) is 5.10 Å². The van der Waals surface area contributed by atoms with Crippen LogP contribution in [0.4, 0.5) is 5.69 Å². The molecule has 0 radical (unpaired) electrons. The first kappa shape index (κ1) is 20.5. The number of aryl methyl sites for hydroxylation is 1. The van der Waals surface area contributed by atoms with Crippen LogP contribution in [-0.4, -0.2) is 28.2 Å². The molecule has 2 rings (SSSR count). The zero-order chi connectivity index (χ0) is 19.6. The molecule has 0 aliphatic rings. The molecule has 146 valence electrons. The van der Waals surface area contributed by atoms with Crippen molar-refractivity contribution in [2.75, 3.05) is 11.9 Å². The number of hydrogen-bond acceptors (Lipinski definition) is 3. The molecule has 1 amide bonds. The lowest BCUT2D eigenvalue weighted by Gasteiger charge is -2.12. The van der Waals surface area contributed by atoms with Crippen LogP contribution in [0.25, 0.3) is 0 Å². The summed E-state index contributed by atoms with van der Waals surface area (Å²) in [5.74, 6) is 0.792. The first-order chi connectivity index (χ1) is 13.0. The number of rotatable bonds is 8. The van der Waals surface area contributed by atoms with Crippen LogP contribution < -0.4 is 16.0 Å². The predicted molar refractivity (Wildman–Crippen MR) is 109 cm³/mol. The van der Waals surface area contributed by atoms with E-state index in [0.717, 1.165) is 35.9 Å². The lowest BCUT2D eigenvalue weighted by Crippen LogP contribution is -2.37. The van der Waals surface area contributed by atoms with E-state index in [0.29, 0.717) is 13.1 Å². The van der Waals surface area contributed by atoms with Crippen molar-refractivity contribution in [2.24, 2.45) is 18.0 Å². The van der Waals surface area contributed by atoms with Crippen molar-refractivity contribution in [2.45, 2.75) is 40.3 Å². The van der Waals surface area contributed by atoms with Crippen LogP contribution in [-0.2, 0) is 24.9 Å². The van der Waals surface area contributed by atoms with E-state index in [1.54, 1.807) is 6.20 Å². The summed E-state index contributed by atoms with van der Waals surface area (Å²) >= 11 is 0. The molecule has 1 unspecified atom stereocenters. The lowest BCUT2D eigenvalue weighted by molar-refractivity contribution is -0.119. The van der Waals surface area contributed by atoms with Gasteiger partial charge in [-0.25, -0.2) is 4.99 Å². The highest BCUT2D eigenvalue weighted by Gasteiger charge is 2.10. The molecule has 1 atom stereocenters. The van der Waals surface area contributed by atoms with Gasteiger partial charge in [0.25, 0.3) is 0 Å². The lowest BCUT2D eigenvalue weighted by atomic mass is 10.1. The Morgan fingerprint density at radius 3 is 2.74 bits per heavy atom. The second kappa shape index (κ2) is 10.4. The zero-order valence-corrected chi connectivity index (χ0v) is 16.6. The average Bonchev–Trinajstić information content (AvgIpc) is 3.08. The van der Waals surface area contributed by atoms with Crippen molar-refractivity contribution in [1.29, 1.82) is 0 Å². The van der Waals surface area contributed by atoms with Crippen molar-refractivity contribution in [3.05, 3.63) is 47.8 Å². The maximum atomic E-state index is 12.1. The number of nitrogens with one attached hydrogen (secondary N) is 3. The minimum Gasteiger partial charge on any atom is -0.357 e. The molecule has 1 heterocycles. The van der Waals surface area contributed by atoms with Crippen molar-refractivity contribution in [3.63, 3.8) is 0 Å². The van der Waals surface area contributed by atoms with Crippen LogP contribution in [0, 0.1) is 5.92 Å². The molecular formula is C20H30N6O. The van der Waals surface area contributed by atoms with Crippen LogP contribution in [0.3, 0.4) is 0 Å². The molecule has 0 spiro atoms. The van der Waals surface area contributed by atoms with Gasteiger partial charge >= 0.3 is 0 Å². The Morgan fingerprint density at radius 1 is 1.26 bits per heavy atom. The number of aromatic nitrogens is 2. The SMILES string of the molecule is CCNC(=NCc1cccc(NC(=O)C(C)CC)c1)NCc1ccnn1C. The van der Waals surface area contributed by atoms with Gasteiger partial charge in [-0.1, -0.05) is 26.0 Å². The Bertz CT molecular complexity index is 767. The van der Waals surface area contributed by atoms with Gasteiger partial charge in [0.1, 0.15) is 0 Å². The minimum atomic E-state index is 0.00300. The fourth-order valence-electron chi connectivity index (χ4n) is 2.46. The van der Waals surface area contributed by atoms with Crippen LogP contribution in [0.5, 0.6) is 0 Å². The molecule has 1 aromatic heterocycles. The average molecular weight is 371 g/mol. The van der Waals surface area contributed by atoms with Crippen LogP contribution in [0.1, 0.15) is 38.4 Å². The van der Waals surface area contributed by atoms with Crippen LogP contribution >= 0.6 is 0 Å². The molecule has 3 N–H and O–H groups in total. The molecule has 0 fully saturated rings. The molecule has 0 saturated heterocycles. The largest absolute Gasteiger partial charge is 0.357 e. The van der Waals surface area contributed by atoms with Crippen LogP contribution in [0.2, 0.25) is 0 Å². The number of guanidine groups is 1. The van der Waals surface area contributed by atoms with E-state index in [9.17, 15) is 4.79 Å². The summed E-state index contributed by atoms with van der Waals surface area (Å²) in [6.07, 6.45) is 2.60. The highest BCUT2D eigenvalue weighted by Crippen LogP contribution is 2.13. The molecule has 0 aliphatic carbocycles. The summed E-state index contributed by atoms with van der Waals surface area (Å²) in [6.45, 7) is 7.92. The second-order valence-electron chi connectivity index (χ2n) is 6.49. The topological polar surface area (TPSA) is 83.3 Å². The number of anilines is 1. The van der Waals surface area contributed by atoms with E-state index in [2.05, 4.69) is 26.0 Å². The van der Waals surface area contributed by atoms with E-state index in [-0.39, 0.29) is 11.8 Å². The second-order valence-corrected chi connectivity index (χ2v) is 6.49. The van der Waals surface area contributed by atoms with Crippen LogP contribution in [0.15, 0.2) is 41.5 Å². The molecule has 0 saturated carbocycles. The summed E-state index contributed by atoms with van der Waals surface area (Å²) in [5.41, 5.74) is 2.92. The fourth-order valence-corrected chi connectivity index (χ4v) is 2.46. The quantitative estimate of drug-likeness (QED) is 0.493. The molecule has 7 nitrogen and oxygen atoms in total. The Morgan fingerprint density at radius 2 is 2.07 bits per heavy atom. The number of nitrogens with zero attached hydrogens (tertiary/aromatic N) is 3. The van der Waals surface area contributed by atoms with Gasteiger partial charge in [0.2, 0.25) is 5.91 Å². The number of carbonyl (C=O) groups is 1. The Kier molecular flexibility index (Phi) is 7.85. The molecular weight excluding hydrogens is 340 g/mol. The number of benzene rings is 1. The summed E-state index contributed by atoms with van der Waals surface area (Å²) in [7, 11) is 1.92. The fraction of sp³-hybridized carbons (Fsp3) is 0.450. The molecule has 0 aliphatic heterocycles. The molecule has 27 heavy (non-hydrogen) atoms. The van der Waals surface area contributed by atoms with Gasteiger partial charge in [0, 0.05) is 31.4 Å². The van der Waals surface area contributed by atoms with Gasteiger partial charge < -0.3 is 16.0 Å². The Hall–Kier alpha value is -2.83. The number of amides is 1. The summed E-state index contributed by atoms with van der Waals surface area (Å²) in [6, 6.07) is 9.79. The Labute approximate surface area is 161 Å². The van der Waals surface area contributed by atoms with Crippen molar-refractivity contribution < 1.29 is 4.79 Å². The smallest absolute Gasteiger partial charge is 0.227 e. The summed E-state index contributed by atoms with van der Waals surface area (Å²) in [4.78, 5) is 16.7. The van der Waals surface area contributed by atoms with Crippen molar-refractivity contribution >= 4 is 17.6 Å². The third kappa shape index (κ3) is 6.44. The molecule has 1 aromatic carbocycles. The first-order valence-electron chi connectivity index (χ1n) is 9.42. The Balaban J connectivity index is 1.99. The maximum Gasteiger partial charge on any atom is 0.227 e. The van der Waals surface area contributed by atoms with Gasteiger partial charge in [-0.05, 0) is 37.1 Å². The van der Waals surface area contributed by atoms with E-state index < -0.39 is 0 Å². The third-order valence-electron chi connectivity index (χ3n) is 4.38. The van der Waals surface area contributed by atoms with Gasteiger partial charge in [-0.15, -0.1) is 0 Å². The van der Waals surface area contributed by atoms with Gasteiger partial charge in [-0.3, -0.25) is 9.48 Å². The maximum absolute atomic E-state index is 12.1. The predicted octanol–water partition coefficient (Wildman–Crippen LogP) is 2.66. The number of aliphatic imine (C=N–C) groups is 1. The van der Waals surface area contributed by atoms with Gasteiger partial charge in [0.05, 0.1) is 18.8 Å². The summed E-state index contributed by atoms with van der Waals surface area (Å²) in [5, 5.41) is 13.7. The normalized spacial score (nSPS) is 12.5. The molecule has 7 heteroatoms. The van der Waals surface area contributed by atoms with E-state index in [1.807, 2.05) is 62.8 Å². The monoisotopic (exact) mass is 370 g/mol. The van der Waals surface area contributed by atoms with Gasteiger partial charge in [0.15, 0.2) is 5.96 Å². The molecule has 2 aromatic rings. The standard InChI is InChI=1S/C20H30N6O/c1-5-15(3)19(27)25-17-9-7-8-16(12-17)13-22-20(21-6-2)23-14-18-10-11-24-26(18)4/h7-12,15H,5-6,13-14H2,1-4H3,(H,25,27)(H2,21,22,23). The van der Waals surface area contributed by atoms with Crippen molar-refractivity contribution in [3.8, 4) is 0 Å². The van der Waals surface area contributed by atoms with Crippen molar-refractivity contribution in [1.82, 2.24) is 20.4 Å². The molecule has 0 bridgehead atoms. The van der Waals surface area contributed by atoms with E-state index >= 15 is 0 Å². The highest BCUT2D eigenvalue weighted by atomic mass is 16.1.